The van der Waals surface area contributed by atoms with Gasteiger partial charge in [-0.05, 0) is 64.9 Å². The van der Waals surface area contributed by atoms with Gasteiger partial charge in [-0.25, -0.2) is 0 Å². The summed E-state index contributed by atoms with van der Waals surface area (Å²) in [4.78, 5) is 0. The molecule has 2 atom stereocenters. The van der Waals surface area contributed by atoms with E-state index in [4.69, 9.17) is 0 Å². The van der Waals surface area contributed by atoms with Crippen LogP contribution in [-0.2, 0) is 0 Å². The minimum absolute atomic E-state index is 0.319. The van der Waals surface area contributed by atoms with Crippen molar-refractivity contribution in [1.82, 2.24) is 0 Å². The minimum atomic E-state index is 0.319. The number of hydrogen-bond donors (Lipinski definition) is 0. The molecule has 154 valence electrons. The number of benzene rings is 1. The highest BCUT2D eigenvalue weighted by Crippen LogP contribution is 2.57. The first-order valence-corrected chi connectivity index (χ1v) is 12.7. The molecule has 0 heterocycles. The van der Waals surface area contributed by atoms with Gasteiger partial charge in [0.15, 0.2) is 0 Å². The van der Waals surface area contributed by atoms with Crippen LogP contribution in [0.15, 0.2) is 36.4 Å². The van der Waals surface area contributed by atoms with Crippen molar-refractivity contribution in [3.8, 4) is 0 Å². The van der Waals surface area contributed by atoms with E-state index in [0.717, 1.165) is 14.2 Å². The normalized spacial score (nSPS) is 24.1. The van der Waals surface area contributed by atoms with Gasteiger partial charge in [-0.15, -0.1) is 8.58 Å². The molecule has 3 rings (SSSR count). The molecule has 1 aromatic rings. The van der Waals surface area contributed by atoms with Gasteiger partial charge in [0.05, 0.1) is 0 Å². The van der Waals surface area contributed by atoms with E-state index in [1.165, 1.54) is 49.7 Å². The zero-order valence-corrected chi connectivity index (χ0v) is 20.0. The summed E-state index contributed by atoms with van der Waals surface area (Å²) in [6, 6.07) is 7.34. The van der Waals surface area contributed by atoms with Crippen LogP contribution in [0, 0.1) is 5.92 Å². The third kappa shape index (κ3) is 4.48. The smallest absolute Gasteiger partial charge is 0.0192 e. The summed E-state index contributed by atoms with van der Waals surface area (Å²) in [6.45, 7) is 14.3. The Morgan fingerprint density at radius 1 is 0.929 bits per heavy atom. The predicted octanol–water partition coefficient (Wildman–Crippen LogP) is 8.68. The van der Waals surface area contributed by atoms with Crippen molar-refractivity contribution >= 4 is 14.2 Å². The molecule has 0 amide bonds. The molecule has 1 aromatic carbocycles. The van der Waals surface area contributed by atoms with Crippen LogP contribution >= 0.6 is 8.58 Å². The molecule has 0 aromatic heterocycles. The second-order valence-corrected chi connectivity index (χ2v) is 12.0. The Labute approximate surface area is 176 Å². The van der Waals surface area contributed by atoms with Crippen molar-refractivity contribution in [2.24, 2.45) is 5.92 Å². The van der Waals surface area contributed by atoms with Gasteiger partial charge in [0, 0.05) is 5.16 Å². The quantitative estimate of drug-likeness (QED) is 0.422. The Morgan fingerprint density at radius 3 is 2.25 bits per heavy atom. The van der Waals surface area contributed by atoms with Gasteiger partial charge in [0.2, 0.25) is 0 Å². The summed E-state index contributed by atoms with van der Waals surface area (Å²) in [5.74, 6) is 1.82. The molecule has 0 aliphatic heterocycles. The van der Waals surface area contributed by atoms with Crippen LogP contribution in [0.2, 0.25) is 0 Å². The van der Waals surface area contributed by atoms with E-state index in [9.17, 15) is 0 Å². The molecule has 2 unspecified atom stereocenters. The highest BCUT2D eigenvalue weighted by molar-refractivity contribution is 7.41. The molecular formula is C27H41P. The lowest BCUT2D eigenvalue weighted by atomic mass is 9.75. The predicted molar refractivity (Wildman–Crippen MR) is 129 cm³/mol. The average molecular weight is 397 g/mol. The van der Waals surface area contributed by atoms with E-state index >= 15 is 0 Å². The topological polar surface area (TPSA) is 0 Å². The molecule has 0 spiro atoms. The van der Waals surface area contributed by atoms with Crippen molar-refractivity contribution in [2.75, 3.05) is 0 Å². The van der Waals surface area contributed by atoms with Crippen LogP contribution in [0.5, 0.6) is 0 Å². The number of allylic oxidation sites excluding steroid dienone is 4. The second kappa shape index (κ2) is 9.30. The molecule has 1 fully saturated rings. The lowest BCUT2D eigenvalue weighted by Gasteiger charge is -2.45. The molecule has 2 aliphatic rings. The van der Waals surface area contributed by atoms with E-state index < -0.39 is 0 Å². The Kier molecular flexibility index (Phi) is 7.25. The van der Waals surface area contributed by atoms with Crippen molar-refractivity contribution in [2.45, 2.75) is 103 Å². The lowest BCUT2D eigenvalue weighted by Crippen LogP contribution is -2.35. The lowest BCUT2D eigenvalue weighted by molar-refractivity contribution is 0.485. The molecule has 1 heteroatoms. The maximum atomic E-state index is 2.50. The molecule has 1 saturated carbocycles. The van der Waals surface area contributed by atoms with Crippen LogP contribution in [0.3, 0.4) is 0 Å². The maximum absolute atomic E-state index is 2.50. The van der Waals surface area contributed by atoms with Gasteiger partial charge in [-0.2, -0.15) is 0 Å². The first-order valence-electron chi connectivity index (χ1n) is 11.6. The van der Waals surface area contributed by atoms with Gasteiger partial charge < -0.3 is 0 Å². The number of hydrogen-bond acceptors (Lipinski definition) is 0. The van der Waals surface area contributed by atoms with Gasteiger partial charge in [-0.1, -0.05) is 97.2 Å². The first kappa shape index (κ1) is 21.8. The van der Waals surface area contributed by atoms with Crippen LogP contribution < -0.4 is 0 Å². The van der Waals surface area contributed by atoms with Crippen LogP contribution in [0.4, 0.5) is 0 Å². The third-order valence-electron chi connectivity index (χ3n) is 7.03. The Hall–Kier alpha value is -0.870. The van der Waals surface area contributed by atoms with Crippen molar-refractivity contribution in [1.29, 1.82) is 0 Å². The fraction of sp³-hybridized carbons (Fsp3) is 0.630. The van der Waals surface area contributed by atoms with Gasteiger partial charge in [0.25, 0.3) is 0 Å². The van der Waals surface area contributed by atoms with Gasteiger partial charge in [-0.3, -0.25) is 0 Å². The summed E-state index contributed by atoms with van der Waals surface area (Å²) in [5, 5.41) is 0.319. The van der Waals surface area contributed by atoms with E-state index in [-0.39, 0.29) is 0 Å². The van der Waals surface area contributed by atoms with Crippen molar-refractivity contribution in [3.05, 3.63) is 53.1 Å². The molecule has 0 radical (unpaired) electrons. The summed E-state index contributed by atoms with van der Waals surface area (Å²) < 4.78 is 0. The summed E-state index contributed by atoms with van der Waals surface area (Å²) in [7, 11) is 1.05. The molecule has 0 bridgehead atoms. The van der Waals surface area contributed by atoms with Gasteiger partial charge in [0.1, 0.15) is 0 Å². The Bertz CT molecular complexity index is 716. The number of rotatable bonds is 6. The van der Waals surface area contributed by atoms with E-state index in [0.29, 0.717) is 22.9 Å². The fourth-order valence-electron chi connectivity index (χ4n) is 5.13. The fourth-order valence-corrected chi connectivity index (χ4v) is 7.50. The standard InChI is InChI=1S/C27H41P/c1-19(2)22-15-16-24(25(18-22)20(3)4)26-14-10-11-17-27(26,21(5)6)28-23-12-8-7-9-13-23/h10-11,14-16,18-21,23,28H,7-9,12-13,17H2,1-6H3. The maximum Gasteiger partial charge on any atom is 0.0192 e. The average Bonchev–Trinajstić information content (AvgIpc) is 2.68. The second-order valence-electron chi connectivity index (χ2n) is 9.97. The first-order chi connectivity index (χ1) is 13.3. The molecule has 28 heavy (non-hydrogen) atoms. The Balaban J connectivity index is 2.06. The highest BCUT2D eigenvalue weighted by atomic mass is 31.1. The molecular weight excluding hydrogens is 355 g/mol. The van der Waals surface area contributed by atoms with E-state index in [1.54, 1.807) is 11.1 Å². The Morgan fingerprint density at radius 2 is 1.64 bits per heavy atom. The molecule has 0 nitrogen and oxygen atoms in total. The summed E-state index contributed by atoms with van der Waals surface area (Å²) in [6.07, 6.45) is 15.7. The summed E-state index contributed by atoms with van der Waals surface area (Å²) >= 11 is 0. The molecule has 0 saturated heterocycles. The van der Waals surface area contributed by atoms with Crippen molar-refractivity contribution < 1.29 is 0 Å². The van der Waals surface area contributed by atoms with Crippen LogP contribution in [0.25, 0.3) is 5.57 Å². The molecule has 0 N–H and O–H groups in total. The third-order valence-corrected chi connectivity index (χ3v) is 9.58. The zero-order valence-electron chi connectivity index (χ0n) is 19.0. The monoisotopic (exact) mass is 396 g/mol. The largest absolute Gasteiger partial charge is 0.107 e. The van der Waals surface area contributed by atoms with E-state index in [1.807, 2.05) is 0 Å². The van der Waals surface area contributed by atoms with Crippen LogP contribution in [-0.4, -0.2) is 10.8 Å². The minimum Gasteiger partial charge on any atom is -0.107 e. The highest BCUT2D eigenvalue weighted by Gasteiger charge is 2.41. The van der Waals surface area contributed by atoms with Crippen molar-refractivity contribution in [3.63, 3.8) is 0 Å². The SMILES string of the molecule is CC(C)c1ccc(C2=CC=CCC2(PC2CCCCC2)C(C)C)c(C(C)C)c1. The van der Waals surface area contributed by atoms with E-state index in [2.05, 4.69) is 78.0 Å². The summed E-state index contributed by atoms with van der Waals surface area (Å²) in [5.41, 5.74) is 7.12. The zero-order chi connectivity index (χ0) is 20.3. The van der Waals surface area contributed by atoms with Gasteiger partial charge >= 0.3 is 0 Å². The van der Waals surface area contributed by atoms with Crippen LogP contribution in [0.1, 0.15) is 109 Å². The molecule has 2 aliphatic carbocycles.